The van der Waals surface area contributed by atoms with Crippen LogP contribution < -0.4 is 9.80 Å². The smallest absolute Gasteiger partial charge is 0.414 e. The van der Waals surface area contributed by atoms with Crippen LogP contribution in [-0.4, -0.2) is 31.7 Å². The number of amides is 2. The molecule has 2 aromatic rings. The monoisotopic (exact) mass is 380 g/mol. The first-order valence-corrected chi connectivity index (χ1v) is 9.74. The van der Waals surface area contributed by atoms with Crippen LogP contribution in [0.3, 0.4) is 0 Å². The molecule has 0 atom stereocenters. The van der Waals surface area contributed by atoms with E-state index in [0.717, 1.165) is 25.7 Å². The molecule has 28 heavy (non-hydrogen) atoms. The minimum absolute atomic E-state index is 0.162. The van der Waals surface area contributed by atoms with E-state index in [4.69, 9.17) is 4.74 Å². The average Bonchev–Trinajstić information content (AvgIpc) is 3.42. The van der Waals surface area contributed by atoms with Gasteiger partial charge in [0.1, 0.15) is 12.4 Å². The molecule has 3 aliphatic rings. The molecule has 0 radical (unpaired) electrons. The number of carbonyl (C=O) groups excluding carboxylic acids is 2. The highest BCUT2D eigenvalue weighted by Crippen LogP contribution is 2.51. The Hall–Kier alpha value is -2.89. The number of ether oxygens (including phenoxy) is 1. The number of fused-ring (bicyclic) bond motifs is 2. The van der Waals surface area contributed by atoms with Crippen LogP contribution in [0, 0.1) is 5.82 Å². The van der Waals surface area contributed by atoms with Gasteiger partial charge in [0.05, 0.1) is 12.2 Å². The molecule has 1 spiro atoms. The van der Waals surface area contributed by atoms with Gasteiger partial charge in [-0.1, -0.05) is 25.0 Å². The number of hydrogen-bond donors (Lipinski definition) is 0. The number of benzene rings is 2. The Balaban J connectivity index is 1.52. The normalized spacial score (nSPS) is 20.0. The Labute approximate surface area is 162 Å². The van der Waals surface area contributed by atoms with Gasteiger partial charge in [-0.25, -0.2) is 9.18 Å². The SMILES string of the molecule is O=C1OCCN1c1cccc(C(=O)N2CC3(CCCC3)c3c(F)cccc32)c1. The predicted octanol–water partition coefficient (Wildman–Crippen LogP) is 4.25. The molecule has 2 aromatic carbocycles. The summed E-state index contributed by atoms with van der Waals surface area (Å²) in [5.74, 6) is -0.381. The molecule has 5 nitrogen and oxygen atoms in total. The molecule has 1 aliphatic carbocycles. The quantitative estimate of drug-likeness (QED) is 0.782. The van der Waals surface area contributed by atoms with E-state index in [1.165, 1.54) is 11.0 Å². The number of hydrogen-bond acceptors (Lipinski definition) is 3. The van der Waals surface area contributed by atoms with Crippen molar-refractivity contribution in [2.45, 2.75) is 31.1 Å². The molecule has 144 valence electrons. The van der Waals surface area contributed by atoms with E-state index in [2.05, 4.69) is 0 Å². The molecule has 0 unspecified atom stereocenters. The molecule has 2 fully saturated rings. The summed E-state index contributed by atoms with van der Waals surface area (Å²) in [6.07, 6.45) is 3.53. The van der Waals surface area contributed by atoms with Crippen molar-refractivity contribution in [3.63, 3.8) is 0 Å². The van der Waals surface area contributed by atoms with E-state index in [1.54, 1.807) is 35.2 Å². The number of rotatable bonds is 2. The van der Waals surface area contributed by atoms with E-state index in [9.17, 15) is 14.0 Å². The van der Waals surface area contributed by atoms with Crippen molar-refractivity contribution in [1.82, 2.24) is 0 Å². The summed E-state index contributed by atoms with van der Waals surface area (Å²) in [7, 11) is 0. The van der Waals surface area contributed by atoms with Gasteiger partial charge in [0, 0.05) is 28.8 Å². The third-order valence-electron chi connectivity index (χ3n) is 6.24. The van der Waals surface area contributed by atoms with Crippen molar-refractivity contribution in [2.24, 2.45) is 0 Å². The summed E-state index contributed by atoms with van der Waals surface area (Å²) >= 11 is 0. The van der Waals surface area contributed by atoms with E-state index >= 15 is 0 Å². The molecular formula is C22H21FN2O3. The number of anilines is 2. The predicted molar refractivity (Wildman–Crippen MR) is 103 cm³/mol. The second kappa shape index (κ2) is 6.33. The largest absolute Gasteiger partial charge is 0.447 e. The van der Waals surface area contributed by atoms with Crippen molar-refractivity contribution in [2.75, 3.05) is 29.5 Å². The van der Waals surface area contributed by atoms with Gasteiger partial charge < -0.3 is 9.64 Å². The minimum atomic E-state index is -0.400. The Kier molecular flexibility index (Phi) is 3.89. The van der Waals surface area contributed by atoms with Gasteiger partial charge >= 0.3 is 6.09 Å². The van der Waals surface area contributed by atoms with Crippen molar-refractivity contribution >= 4 is 23.4 Å². The highest BCUT2D eigenvalue weighted by molar-refractivity contribution is 6.08. The zero-order chi connectivity index (χ0) is 19.3. The molecular weight excluding hydrogens is 359 g/mol. The van der Waals surface area contributed by atoms with Crippen LogP contribution in [0.25, 0.3) is 0 Å². The molecule has 6 heteroatoms. The molecule has 2 amide bonds. The summed E-state index contributed by atoms with van der Waals surface area (Å²) in [6.45, 7) is 1.33. The first-order chi connectivity index (χ1) is 13.6. The van der Waals surface area contributed by atoms with Gasteiger partial charge in [0.25, 0.3) is 5.91 Å². The molecule has 2 heterocycles. The van der Waals surface area contributed by atoms with E-state index in [-0.39, 0.29) is 17.1 Å². The zero-order valence-corrected chi connectivity index (χ0v) is 15.5. The summed E-state index contributed by atoms with van der Waals surface area (Å²) in [6, 6.07) is 12.0. The van der Waals surface area contributed by atoms with Crippen LogP contribution in [0.2, 0.25) is 0 Å². The minimum Gasteiger partial charge on any atom is -0.447 e. The molecule has 5 rings (SSSR count). The fourth-order valence-corrected chi connectivity index (χ4v) is 4.96. The van der Waals surface area contributed by atoms with Crippen LogP contribution in [0.5, 0.6) is 0 Å². The van der Waals surface area contributed by atoms with E-state index in [1.807, 2.05) is 6.07 Å². The van der Waals surface area contributed by atoms with Gasteiger partial charge in [-0.3, -0.25) is 9.69 Å². The highest BCUT2D eigenvalue weighted by atomic mass is 19.1. The van der Waals surface area contributed by atoms with Crippen molar-refractivity contribution < 1.29 is 18.7 Å². The fourth-order valence-electron chi connectivity index (χ4n) is 4.96. The molecule has 0 bridgehead atoms. The lowest BCUT2D eigenvalue weighted by molar-refractivity contribution is 0.0985. The van der Waals surface area contributed by atoms with Crippen molar-refractivity contribution in [3.8, 4) is 0 Å². The van der Waals surface area contributed by atoms with Crippen molar-refractivity contribution in [3.05, 3.63) is 59.4 Å². The average molecular weight is 380 g/mol. The summed E-state index contributed by atoms with van der Waals surface area (Å²) in [4.78, 5) is 28.5. The maximum atomic E-state index is 14.7. The highest BCUT2D eigenvalue weighted by Gasteiger charge is 2.48. The second-order valence-electron chi connectivity index (χ2n) is 7.83. The Bertz CT molecular complexity index is 968. The zero-order valence-electron chi connectivity index (χ0n) is 15.5. The standard InChI is InChI=1S/C22H21FN2O3/c23-17-7-4-8-18-19(17)22(9-1-2-10-22)14-25(18)20(26)15-5-3-6-16(13-15)24-11-12-28-21(24)27/h3-8,13H,1-2,9-12,14H2. The Morgan fingerprint density at radius 2 is 1.89 bits per heavy atom. The Morgan fingerprint density at radius 3 is 2.64 bits per heavy atom. The first kappa shape index (κ1) is 17.2. The summed E-state index contributed by atoms with van der Waals surface area (Å²) in [5.41, 5.74) is 2.23. The van der Waals surface area contributed by atoms with Crippen molar-refractivity contribution in [1.29, 1.82) is 0 Å². The lowest BCUT2D eigenvalue weighted by atomic mass is 9.80. The number of halogens is 1. The van der Waals surface area contributed by atoms with Gasteiger partial charge in [0.2, 0.25) is 0 Å². The number of carbonyl (C=O) groups is 2. The maximum Gasteiger partial charge on any atom is 0.414 e. The third kappa shape index (κ3) is 2.51. The third-order valence-corrected chi connectivity index (χ3v) is 6.24. The molecule has 2 aliphatic heterocycles. The molecule has 0 aromatic heterocycles. The molecule has 0 N–H and O–H groups in total. The lowest BCUT2D eigenvalue weighted by Gasteiger charge is -2.25. The lowest BCUT2D eigenvalue weighted by Crippen LogP contribution is -2.35. The van der Waals surface area contributed by atoms with Crippen LogP contribution in [0.4, 0.5) is 20.6 Å². The first-order valence-electron chi connectivity index (χ1n) is 9.74. The molecule has 1 saturated carbocycles. The van der Waals surface area contributed by atoms with Gasteiger partial charge in [0.15, 0.2) is 0 Å². The van der Waals surface area contributed by atoms with E-state index < -0.39 is 6.09 Å². The van der Waals surface area contributed by atoms with Crippen LogP contribution in [0.1, 0.15) is 41.6 Å². The topological polar surface area (TPSA) is 49.9 Å². The van der Waals surface area contributed by atoms with Gasteiger partial charge in [-0.2, -0.15) is 0 Å². The van der Waals surface area contributed by atoms with Crippen LogP contribution >= 0.6 is 0 Å². The summed E-state index contributed by atoms with van der Waals surface area (Å²) < 4.78 is 19.7. The number of nitrogens with zero attached hydrogens (tertiary/aromatic N) is 2. The Morgan fingerprint density at radius 1 is 1.11 bits per heavy atom. The summed E-state index contributed by atoms with van der Waals surface area (Å²) in [5, 5.41) is 0. The second-order valence-corrected chi connectivity index (χ2v) is 7.83. The van der Waals surface area contributed by atoms with Crippen LogP contribution in [0.15, 0.2) is 42.5 Å². The number of cyclic esters (lactones) is 1. The molecule has 1 saturated heterocycles. The van der Waals surface area contributed by atoms with E-state index in [0.29, 0.717) is 42.2 Å². The van der Waals surface area contributed by atoms with Gasteiger partial charge in [-0.05, 0) is 43.2 Å². The van der Waals surface area contributed by atoms with Crippen LogP contribution in [-0.2, 0) is 10.2 Å². The van der Waals surface area contributed by atoms with Gasteiger partial charge in [-0.15, -0.1) is 0 Å². The fraction of sp³-hybridized carbons (Fsp3) is 0.364. The maximum absolute atomic E-state index is 14.7.